The Morgan fingerprint density at radius 3 is 2.54 bits per heavy atom. The SMILES string of the molecule is CCOc1cc(/C=C2\N=C(c3ccc4ccccc4c3)OC2=O)cc(Br)c1OC(=O)c1ccccc1C. The molecule has 0 bridgehead atoms. The first kappa shape index (κ1) is 24.5. The maximum Gasteiger partial charge on any atom is 0.363 e. The summed E-state index contributed by atoms with van der Waals surface area (Å²) >= 11 is 3.49. The van der Waals surface area contributed by atoms with E-state index in [0.717, 1.165) is 16.3 Å². The average molecular weight is 556 g/mol. The minimum atomic E-state index is -0.549. The molecule has 6 nitrogen and oxygen atoms in total. The summed E-state index contributed by atoms with van der Waals surface area (Å²) in [6.07, 6.45) is 1.61. The number of aliphatic imine (C=N–C) groups is 1. The quantitative estimate of drug-likeness (QED) is 0.147. The first-order valence-corrected chi connectivity index (χ1v) is 12.5. The number of carbonyl (C=O) groups is 2. The van der Waals surface area contributed by atoms with Crippen molar-refractivity contribution >= 4 is 50.6 Å². The highest BCUT2D eigenvalue weighted by Crippen LogP contribution is 2.38. The van der Waals surface area contributed by atoms with E-state index < -0.39 is 11.9 Å². The van der Waals surface area contributed by atoms with Crippen molar-refractivity contribution in [2.24, 2.45) is 4.99 Å². The predicted molar refractivity (Wildman–Crippen MR) is 146 cm³/mol. The summed E-state index contributed by atoms with van der Waals surface area (Å²) in [4.78, 5) is 29.9. The Morgan fingerprint density at radius 1 is 1.00 bits per heavy atom. The number of cyclic esters (lactones) is 1. The highest BCUT2D eigenvalue weighted by Gasteiger charge is 2.25. The molecule has 1 heterocycles. The number of carbonyl (C=O) groups excluding carboxylic acids is 2. The molecule has 0 radical (unpaired) electrons. The predicted octanol–water partition coefficient (Wildman–Crippen LogP) is 6.87. The van der Waals surface area contributed by atoms with Crippen molar-refractivity contribution in [2.75, 3.05) is 6.61 Å². The van der Waals surface area contributed by atoms with Crippen LogP contribution in [0.1, 0.15) is 34.0 Å². The molecule has 37 heavy (non-hydrogen) atoms. The molecule has 0 spiro atoms. The van der Waals surface area contributed by atoms with E-state index in [2.05, 4.69) is 20.9 Å². The van der Waals surface area contributed by atoms with Gasteiger partial charge in [-0.25, -0.2) is 14.6 Å². The highest BCUT2D eigenvalue weighted by molar-refractivity contribution is 9.10. The van der Waals surface area contributed by atoms with E-state index in [1.54, 1.807) is 30.3 Å². The number of esters is 2. The lowest BCUT2D eigenvalue weighted by atomic mass is 10.1. The molecule has 0 fully saturated rings. The zero-order valence-corrected chi connectivity index (χ0v) is 21.7. The number of hydrogen-bond acceptors (Lipinski definition) is 6. The first-order chi connectivity index (χ1) is 17.9. The van der Waals surface area contributed by atoms with Gasteiger partial charge in [0.15, 0.2) is 17.2 Å². The largest absolute Gasteiger partial charge is 0.490 e. The number of rotatable bonds is 6. The van der Waals surface area contributed by atoms with Crippen LogP contribution in [0.3, 0.4) is 0 Å². The lowest BCUT2D eigenvalue weighted by Crippen LogP contribution is -2.11. The summed E-state index contributed by atoms with van der Waals surface area (Å²) in [5, 5.41) is 2.11. The molecule has 0 aromatic heterocycles. The van der Waals surface area contributed by atoms with Crippen LogP contribution in [0.4, 0.5) is 0 Å². The Labute approximate surface area is 222 Å². The number of aryl methyl sites for hydroxylation is 1. The van der Waals surface area contributed by atoms with Crippen LogP contribution in [0.25, 0.3) is 16.8 Å². The van der Waals surface area contributed by atoms with Gasteiger partial charge >= 0.3 is 11.9 Å². The van der Waals surface area contributed by atoms with E-state index in [4.69, 9.17) is 14.2 Å². The van der Waals surface area contributed by atoms with Crippen LogP contribution in [0.15, 0.2) is 94.0 Å². The molecule has 1 aliphatic heterocycles. The Balaban J connectivity index is 1.46. The van der Waals surface area contributed by atoms with Gasteiger partial charge in [0, 0.05) is 5.56 Å². The Morgan fingerprint density at radius 2 is 1.76 bits per heavy atom. The smallest absolute Gasteiger partial charge is 0.363 e. The maximum absolute atomic E-state index is 12.8. The normalized spacial score (nSPS) is 14.0. The van der Waals surface area contributed by atoms with E-state index in [-0.39, 0.29) is 17.3 Å². The molecule has 5 rings (SSSR count). The summed E-state index contributed by atoms with van der Waals surface area (Å²) in [5.74, 6) is -0.181. The minimum absolute atomic E-state index is 0.155. The van der Waals surface area contributed by atoms with E-state index in [1.165, 1.54) is 0 Å². The molecule has 0 unspecified atom stereocenters. The van der Waals surface area contributed by atoms with Gasteiger partial charge in [0.2, 0.25) is 5.90 Å². The van der Waals surface area contributed by atoms with Crippen LogP contribution >= 0.6 is 15.9 Å². The standard InChI is InChI=1S/C30H22BrNO5/c1-3-35-26-16-19(14-24(31)27(26)36-29(33)23-11-7-4-8-18(23)2)15-25-30(34)37-28(32-25)22-13-12-20-9-5-6-10-21(20)17-22/h4-17H,3H2,1-2H3/b25-15-. The maximum atomic E-state index is 12.8. The summed E-state index contributed by atoms with van der Waals surface area (Å²) in [7, 11) is 0. The van der Waals surface area contributed by atoms with Gasteiger partial charge in [-0.3, -0.25) is 0 Å². The van der Waals surface area contributed by atoms with Crippen molar-refractivity contribution in [1.82, 2.24) is 0 Å². The fourth-order valence-corrected chi connectivity index (χ4v) is 4.54. The fraction of sp³-hybridized carbons (Fsp3) is 0.100. The van der Waals surface area contributed by atoms with Crippen molar-refractivity contribution in [3.05, 3.63) is 111 Å². The van der Waals surface area contributed by atoms with Crippen molar-refractivity contribution < 1.29 is 23.8 Å². The molecular weight excluding hydrogens is 534 g/mol. The summed E-state index contributed by atoms with van der Waals surface area (Å²) in [6.45, 7) is 4.03. The highest BCUT2D eigenvalue weighted by atomic mass is 79.9. The topological polar surface area (TPSA) is 74.2 Å². The molecule has 0 saturated heterocycles. The molecular formula is C30H22BrNO5. The number of hydrogen-bond donors (Lipinski definition) is 0. The zero-order valence-electron chi connectivity index (χ0n) is 20.2. The van der Waals surface area contributed by atoms with Crippen molar-refractivity contribution in [2.45, 2.75) is 13.8 Å². The van der Waals surface area contributed by atoms with Gasteiger partial charge in [0.25, 0.3) is 0 Å². The van der Waals surface area contributed by atoms with Crippen molar-refractivity contribution in [3.63, 3.8) is 0 Å². The second-order valence-electron chi connectivity index (χ2n) is 8.37. The first-order valence-electron chi connectivity index (χ1n) is 11.7. The van der Waals surface area contributed by atoms with Gasteiger partial charge in [0.1, 0.15) is 0 Å². The molecule has 1 aliphatic rings. The summed E-state index contributed by atoms with van der Waals surface area (Å²) < 4.78 is 17.4. The third-order valence-electron chi connectivity index (χ3n) is 5.81. The molecule has 0 N–H and O–H groups in total. The number of nitrogens with zero attached hydrogens (tertiary/aromatic N) is 1. The van der Waals surface area contributed by atoms with E-state index in [9.17, 15) is 9.59 Å². The molecule has 4 aromatic carbocycles. The molecule has 0 aliphatic carbocycles. The summed E-state index contributed by atoms with van der Waals surface area (Å²) in [6, 6.07) is 24.3. The van der Waals surface area contributed by atoms with Gasteiger partial charge in [-0.15, -0.1) is 0 Å². The van der Waals surface area contributed by atoms with Crippen LogP contribution in [0.5, 0.6) is 11.5 Å². The molecule has 0 saturated carbocycles. The van der Waals surface area contributed by atoms with Gasteiger partial charge in [0.05, 0.1) is 16.6 Å². The number of fused-ring (bicyclic) bond motifs is 1. The zero-order chi connectivity index (χ0) is 25.9. The third kappa shape index (κ3) is 5.17. The summed E-state index contributed by atoms with van der Waals surface area (Å²) in [5.41, 5.74) is 2.77. The van der Waals surface area contributed by atoms with Gasteiger partial charge in [-0.2, -0.15) is 0 Å². The van der Waals surface area contributed by atoms with Crippen molar-refractivity contribution in [3.8, 4) is 11.5 Å². The molecule has 184 valence electrons. The molecule has 7 heteroatoms. The monoisotopic (exact) mass is 555 g/mol. The average Bonchev–Trinajstić information content (AvgIpc) is 3.26. The van der Waals surface area contributed by atoms with E-state index in [1.807, 2.05) is 68.4 Å². The van der Waals surface area contributed by atoms with Crippen LogP contribution < -0.4 is 9.47 Å². The molecule has 0 amide bonds. The van der Waals surface area contributed by atoms with Crippen LogP contribution in [-0.2, 0) is 9.53 Å². The Kier molecular flexibility index (Phi) is 6.88. The Bertz CT molecular complexity index is 1610. The van der Waals surface area contributed by atoms with Crippen LogP contribution in [0, 0.1) is 6.92 Å². The van der Waals surface area contributed by atoms with Gasteiger partial charge < -0.3 is 14.2 Å². The van der Waals surface area contributed by atoms with Crippen LogP contribution in [-0.4, -0.2) is 24.4 Å². The van der Waals surface area contributed by atoms with E-state index >= 15 is 0 Å². The fourth-order valence-electron chi connectivity index (χ4n) is 4.00. The number of halogens is 1. The van der Waals surface area contributed by atoms with Gasteiger partial charge in [-0.05, 0) is 88.1 Å². The lowest BCUT2D eigenvalue weighted by Gasteiger charge is -2.14. The lowest BCUT2D eigenvalue weighted by molar-refractivity contribution is -0.129. The van der Waals surface area contributed by atoms with E-state index in [0.29, 0.717) is 33.5 Å². The van der Waals surface area contributed by atoms with Crippen molar-refractivity contribution in [1.29, 1.82) is 0 Å². The van der Waals surface area contributed by atoms with Gasteiger partial charge in [-0.1, -0.05) is 48.5 Å². The number of ether oxygens (including phenoxy) is 3. The Hall–Kier alpha value is -4.23. The number of benzene rings is 4. The minimum Gasteiger partial charge on any atom is -0.490 e. The second-order valence-corrected chi connectivity index (χ2v) is 9.22. The second kappa shape index (κ2) is 10.4. The van der Waals surface area contributed by atoms with Crippen LogP contribution in [0.2, 0.25) is 0 Å². The third-order valence-corrected chi connectivity index (χ3v) is 6.40. The molecule has 4 aromatic rings. The molecule has 0 atom stereocenters.